The number of pyridine rings is 1. The molecule has 1 fully saturated rings. The van der Waals surface area contributed by atoms with E-state index in [1.165, 1.54) is 0 Å². The van der Waals surface area contributed by atoms with Crippen LogP contribution in [-0.4, -0.2) is 42.5 Å². The third-order valence-electron chi connectivity index (χ3n) is 4.60. The first-order valence-corrected chi connectivity index (χ1v) is 8.76. The summed E-state index contributed by atoms with van der Waals surface area (Å²) in [5, 5.41) is 2.88. The summed E-state index contributed by atoms with van der Waals surface area (Å²) in [7, 11) is 3.15. The first-order valence-electron chi connectivity index (χ1n) is 8.76. The molecule has 1 aromatic carbocycles. The zero-order valence-corrected chi connectivity index (χ0v) is 15.5. The van der Waals surface area contributed by atoms with Crippen molar-refractivity contribution in [2.24, 2.45) is 5.92 Å². The van der Waals surface area contributed by atoms with Crippen molar-refractivity contribution in [1.29, 1.82) is 0 Å². The molecule has 27 heavy (non-hydrogen) atoms. The lowest BCUT2D eigenvalue weighted by molar-refractivity contribution is -0.129. The molecule has 1 atom stereocenters. The average Bonchev–Trinajstić information content (AvgIpc) is 3.07. The van der Waals surface area contributed by atoms with Gasteiger partial charge in [-0.25, -0.2) is 0 Å². The second-order valence-corrected chi connectivity index (χ2v) is 6.44. The molecule has 2 aromatic rings. The fourth-order valence-electron chi connectivity index (χ4n) is 3.14. The SMILES string of the molecule is COc1ccc(CN2CC(C(=O)NCc3cccnc3)CC2=O)cc1OC. The summed E-state index contributed by atoms with van der Waals surface area (Å²) >= 11 is 0. The van der Waals surface area contributed by atoms with Crippen LogP contribution in [-0.2, 0) is 22.7 Å². The zero-order chi connectivity index (χ0) is 19.2. The number of amides is 2. The highest BCUT2D eigenvalue weighted by Crippen LogP contribution is 2.29. The number of hydrogen-bond donors (Lipinski definition) is 1. The molecule has 3 rings (SSSR count). The summed E-state index contributed by atoms with van der Waals surface area (Å²) in [6.45, 7) is 1.25. The summed E-state index contributed by atoms with van der Waals surface area (Å²) in [6.07, 6.45) is 3.63. The standard InChI is InChI=1S/C20H23N3O4/c1-26-17-6-5-14(8-18(17)27-2)12-23-13-16(9-19(23)24)20(25)22-11-15-4-3-7-21-10-15/h3-8,10,16H,9,11-13H2,1-2H3,(H,22,25). The largest absolute Gasteiger partial charge is 0.493 e. The number of hydrogen-bond acceptors (Lipinski definition) is 5. The van der Waals surface area contributed by atoms with Gasteiger partial charge < -0.3 is 19.7 Å². The minimum absolute atomic E-state index is 0.0219. The number of nitrogens with one attached hydrogen (secondary N) is 1. The third-order valence-corrected chi connectivity index (χ3v) is 4.60. The van der Waals surface area contributed by atoms with Crippen LogP contribution in [0.3, 0.4) is 0 Å². The molecule has 1 unspecified atom stereocenters. The summed E-state index contributed by atoms with van der Waals surface area (Å²) in [4.78, 5) is 30.5. The Hall–Kier alpha value is -3.09. The number of benzene rings is 1. The third kappa shape index (κ3) is 4.55. The van der Waals surface area contributed by atoms with E-state index < -0.39 is 0 Å². The molecule has 7 nitrogen and oxygen atoms in total. The van der Waals surface area contributed by atoms with Crippen LogP contribution < -0.4 is 14.8 Å². The monoisotopic (exact) mass is 369 g/mol. The number of nitrogens with zero attached hydrogens (tertiary/aromatic N) is 2. The summed E-state index contributed by atoms with van der Waals surface area (Å²) in [5.74, 6) is 0.789. The van der Waals surface area contributed by atoms with Crippen LogP contribution in [0.1, 0.15) is 17.5 Å². The van der Waals surface area contributed by atoms with E-state index in [2.05, 4.69) is 10.3 Å². The van der Waals surface area contributed by atoms with E-state index >= 15 is 0 Å². The molecule has 0 spiro atoms. The normalized spacial score (nSPS) is 16.3. The topological polar surface area (TPSA) is 80.8 Å². The first kappa shape index (κ1) is 18.7. The summed E-state index contributed by atoms with van der Waals surface area (Å²) < 4.78 is 10.5. The van der Waals surface area contributed by atoms with Crippen molar-refractivity contribution in [2.45, 2.75) is 19.5 Å². The first-order chi connectivity index (χ1) is 13.1. The van der Waals surface area contributed by atoms with Gasteiger partial charge in [0.15, 0.2) is 11.5 Å². The van der Waals surface area contributed by atoms with Crippen molar-refractivity contribution in [2.75, 3.05) is 20.8 Å². The van der Waals surface area contributed by atoms with Gasteiger partial charge in [0.2, 0.25) is 11.8 Å². The van der Waals surface area contributed by atoms with Gasteiger partial charge in [-0.3, -0.25) is 14.6 Å². The van der Waals surface area contributed by atoms with Gasteiger partial charge in [0.05, 0.1) is 20.1 Å². The maximum Gasteiger partial charge on any atom is 0.225 e. The maximum absolute atomic E-state index is 12.4. The van der Waals surface area contributed by atoms with Crippen LogP contribution >= 0.6 is 0 Å². The molecule has 1 aromatic heterocycles. The molecule has 1 N–H and O–H groups in total. The number of carbonyl (C=O) groups excluding carboxylic acids is 2. The highest BCUT2D eigenvalue weighted by molar-refractivity contribution is 5.89. The molecule has 2 amide bonds. The number of likely N-dealkylation sites (tertiary alicyclic amines) is 1. The molecule has 7 heteroatoms. The summed E-state index contributed by atoms with van der Waals surface area (Å²) in [6, 6.07) is 9.28. The van der Waals surface area contributed by atoms with Gasteiger partial charge in [-0.15, -0.1) is 0 Å². The fraction of sp³-hybridized carbons (Fsp3) is 0.350. The van der Waals surface area contributed by atoms with Crippen molar-refractivity contribution < 1.29 is 19.1 Å². The van der Waals surface area contributed by atoms with E-state index in [0.717, 1.165) is 11.1 Å². The average molecular weight is 369 g/mol. The second-order valence-electron chi connectivity index (χ2n) is 6.44. The Bertz CT molecular complexity index is 810. The number of methoxy groups -OCH3 is 2. The van der Waals surface area contributed by atoms with Crippen LogP contribution in [0.4, 0.5) is 0 Å². The molecule has 2 heterocycles. The fourth-order valence-corrected chi connectivity index (χ4v) is 3.14. The van der Waals surface area contributed by atoms with E-state index in [1.54, 1.807) is 31.5 Å². The smallest absolute Gasteiger partial charge is 0.225 e. The Balaban J connectivity index is 1.58. The van der Waals surface area contributed by atoms with E-state index in [1.807, 2.05) is 30.3 Å². The minimum atomic E-state index is -0.339. The number of carbonyl (C=O) groups is 2. The Kier molecular flexibility index (Phi) is 5.90. The zero-order valence-electron chi connectivity index (χ0n) is 15.5. The highest BCUT2D eigenvalue weighted by atomic mass is 16.5. The molecule has 1 aliphatic rings. The Morgan fingerprint density at radius 1 is 1.22 bits per heavy atom. The molecule has 1 aliphatic heterocycles. The van der Waals surface area contributed by atoms with Crippen molar-refractivity contribution in [3.8, 4) is 11.5 Å². The van der Waals surface area contributed by atoms with Gasteiger partial charge in [-0.2, -0.15) is 0 Å². The number of rotatable bonds is 7. The summed E-state index contributed by atoms with van der Waals surface area (Å²) in [5.41, 5.74) is 1.86. The Morgan fingerprint density at radius 3 is 2.74 bits per heavy atom. The van der Waals surface area contributed by atoms with Crippen LogP contribution in [0.2, 0.25) is 0 Å². The molecule has 1 saturated heterocycles. The molecular weight excluding hydrogens is 346 g/mol. The van der Waals surface area contributed by atoms with Gasteiger partial charge in [-0.05, 0) is 29.3 Å². The minimum Gasteiger partial charge on any atom is -0.493 e. The Morgan fingerprint density at radius 2 is 2.04 bits per heavy atom. The molecule has 0 saturated carbocycles. The lowest BCUT2D eigenvalue weighted by Gasteiger charge is -2.18. The van der Waals surface area contributed by atoms with Crippen LogP contribution in [0, 0.1) is 5.92 Å². The Labute approximate surface area is 158 Å². The van der Waals surface area contributed by atoms with Crippen LogP contribution in [0.15, 0.2) is 42.7 Å². The number of aromatic nitrogens is 1. The highest BCUT2D eigenvalue weighted by Gasteiger charge is 2.34. The van der Waals surface area contributed by atoms with Crippen LogP contribution in [0.25, 0.3) is 0 Å². The van der Waals surface area contributed by atoms with E-state index in [-0.39, 0.29) is 24.2 Å². The van der Waals surface area contributed by atoms with Gasteiger partial charge >= 0.3 is 0 Å². The second kappa shape index (κ2) is 8.53. The van der Waals surface area contributed by atoms with Gasteiger partial charge in [0.25, 0.3) is 0 Å². The molecule has 0 aliphatic carbocycles. The van der Waals surface area contributed by atoms with Gasteiger partial charge in [0.1, 0.15) is 0 Å². The van der Waals surface area contributed by atoms with Gasteiger partial charge in [-0.1, -0.05) is 12.1 Å². The lowest BCUT2D eigenvalue weighted by Crippen LogP contribution is -2.32. The number of ether oxygens (including phenoxy) is 2. The molecule has 142 valence electrons. The van der Waals surface area contributed by atoms with Crippen molar-refractivity contribution >= 4 is 11.8 Å². The van der Waals surface area contributed by atoms with E-state index in [9.17, 15) is 9.59 Å². The van der Waals surface area contributed by atoms with Crippen molar-refractivity contribution in [1.82, 2.24) is 15.2 Å². The quantitative estimate of drug-likeness (QED) is 0.804. The predicted octanol–water partition coefficient (Wildman–Crippen LogP) is 1.76. The van der Waals surface area contributed by atoms with Crippen molar-refractivity contribution in [3.05, 3.63) is 53.9 Å². The molecule has 0 bridgehead atoms. The predicted molar refractivity (Wildman–Crippen MR) is 99.2 cm³/mol. The van der Waals surface area contributed by atoms with Crippen LogP contribution in [0.5, 0.6) is 11.5 Å². The molecule has 0 radical (unpaired) electrons. The van der Waals surface area contributed by atoms with Gasteiger partial charge in [0, 0.05) is 38.4 Å². The maximum atomic E-state index is 12.4. The van der Waals surface area contributed by atoms with E-state index in [4.69, 9.17) is 9.47 Å². The lowest BCUT2D eigenvalue weighted by atomic mass is 10.1. The molecular formula is C20H23N3O4. The van der Waals surface area contributed by atoms with Crippen molar-refractivity contribution in [3.63, 3.8) is 0 Å². The van der Waals surface area contributed by atoms with E-state index in [0.29, 0.717) is 31.1 Å².